The molecule has 2 aromatic rings. The van der Waals surface area contributed by atoms with Crippen LogP contribution in [0.3, 0.4) is 0 Å². The average molecular weight is 465 g/mol. The van der Waals surface area contributed by atoms with Crippen LogP contribution in [0.5, 0.6) is 0 Å². The van der Waals surface area contributed by atoms with Gasteiger partial charge in [0.15, 0.2) is 19.7 Å². The van der Waals surface area contributed by atoms with Crippen LogP contribution in [0.2, 0.25) is 0 Å². The minimum absolute atomic E-state index is 0.00283. The molecule has 31 heavy (non-hydrogen) atoms. The Morgan fingerprint density at radius 3 is 2.19 bits per heavy atom. The molecule has 1 saturated heterocycles. The van der Waals surface area contributed by atoms with Crippen LogP contribution in [-0.4, -0.2) is 65.2 Å². The number of hydrogen-bond acceptors (Lipinski definition) is 6. The van der Waals surface area contributed by atoms with E-state index in [4.69, 9.17) is 0 Å². The van der Waals surface area contributed by atoms with Gasteiger partial charge in [-0.05, 0) is 50.7 Å². The monoisotopic (exact) mass is 464 g/mol. The fourth-order valence-corrected chi connectivity index (χ4v) is 8.77. The fraction of sp³-hybridized carbons (Fsp3) is 0.478. The summed E-state index contributed by atoms with van der Waals surface area (Å²) < 4.78 is 51.3. The predicted molar refractivity (Wildman–Crippen MR) is 125 cm³/mol. The number of hydrogen-bond donors (Lipinski definition) is 1. The summed E-state index contributed by atoms with van der Waals surface area (Å²) in [6, 6.07) is 14.3. The number of benzene rings is 2. The lowest BCUT2D eigenvalue weighted by atomic mass is 10.0. The second-order valence-electron chi connectivity index (χ2n) is 8.56. The first-order valence-electron chi connectivity index (χ1n) is 10.5. The Morgan fingerprint density at radius 1 is 1.03 bits per heavy atom. The predicted octanol–water partition coefficient (Wildman–Crippen LogP) is 2.39. The summed E-state index contributed by atoms with van der Waals surface area (Å²) in [5, 5.41) is 2.29. The molecule has 1 heterocycles. The van der Waals surface area contributed by atoms with Gasteiger partial charge in [0.25, 0.3) is 0 Å². The minimum atomic E-state index is -3.77. The molecule has 3 atom stereocenters. The number of nitrogens with zero attached hydrogens (tertiary/aromatic N) is 1. The Hall–Kier alpha value is -1.74. The third-order valence-electron chi connectivity index (χ3n) is 6.02. The highest BCUT2D eigenvalue weighted by atomic mass is 32.2. The summed E-state index contributed by atoms with van der Waals surface area (Å²) in [5.74, 6) is -0.517. The summed E-state index contributed by atoms with van der Waals surface area (Å²) in [4.78, 5) is 2.23. The molecule has 0 aliphatic carbocycles. The zero-order chi connectivity index (χ0) is 22.8. The van der Waals surface area contributed by atoms with Crippen LogP contribution in [-0.2, 0) is 26.1 Å². The number of aryl methyl sites for hydroxylation is 2. The van der Waals surface area contributed by atoms with Crippen LogP contribution in [0.4, 0.5) is 0 Å². The van der Waals surface area contributed by atoms with Gasteiger partial charge < -0.3 is 10.2 Å². The number of rotatable bonds is 8. The van der Waals surface area contributed by atoms with Crippen molar-refractivity contribution in [2.75, 3.05) is 32.1 Å². The van der Waals surface area contributed by atoms with Gasteiger partial charge in [-0.1, -0.05) is 48.9 Å². The van der Waals surface area contributed by atoms with Crippen molar-refractivity contribution in [2.24, 2.45) is 0 Å². The molecule has 0 bridgehead atoms. The maximum Gasteiger partial charge on any atom is 0.183 e. The van der Waals surface area contributed by atoms with Crippen molar-refractivity contribution in [2.45, 2.75) is 42.5 Å². The number of likely N-dealkylation sites (N-methyl/N-ethyl adjacent to an activating group) is 1. The molecular formula is C23H32N2O4S2. The van der Waals surface area contributed by atoms with E-state index in [1.54, 1.807) is 24.3 Å². The van der Waals surface area contributed by atoms with Gasteiger partial charge in [-0.15, -0.1) is 0 Å². The van der Waals surface area contributed by atoms with Gasteiger partial charge in [0.05, 0.1) is 21.7 Å². The van der Waals surface area contributed by atoms with Crippen LogP contribution in [0.15, 0.2) is 53.4 Å². The van der Waals surface area contributed by atoms with Crippen molar-refractivity contribution in [1.82, 2.24) is 10.2 Å². The van der Waals surface area contributed by atoms with Gasteiger partial charge in [-0.25, -0.2) is 16.8 Å². The molecule has 1 aliphatic rings. The molecule has 6 nitrogen and oxygen atoms in total. The van der Waals surface area contributed by atoms with Crippen LogP contribution in [0, 0.1) is 6.92 Å². The molecule has 2 aromatic carbocycles. The highest BCUT2D eigenvalue weighted by Gasteiger charge is 2.45. The molecule has 3 rings (SSSR count). The van der Waals surface area contributed by atoms with Gasteiger partial charge in [0, 0.05) is 18.6 Å². The lowest BCUT2D eigenvalue weighted by Crippen LogP contribution is -2.46. The van der Waals surface area contributed by atoms with Gasteiger partial charge in [0.2, 0.25) is 0 Å². The molecular weight excluding hydrogens is 432 g/mol. The highest BCUT2D eigenvalue weighted by Crippen LogP contribution is 2.27. The average Bonchev–Trinajstić information content (AvgIpc) is 3.04. The summed E-state index contributed by atoms with van der Waals surface area (Å²) in [6.45, 7) is 4.45. The Bertz CT molecular complexity index is 1090. The molecule has 0 aromatic heterocycles. The molecule has 170 valence electrons. The zero-order valence-electron chi connectivity index (χ0n) is 18.6. The first-order valence-corrected chi connectivity index (χ1v) is 13.9. The molecule has 0 radical (unpaired) electrons. The smallest absolute Gasteiger partial charge is 0.183 e. The van der Waals surface area contributed by atoms with Gasteiger partial charge >= 0.3 is 0 Å². The van der Waals surface area contributed by atoms with E-state index in [9.17, 15) is 16.8 Å². The van der Waals surface area contributed by atoms with Crippen molar-refractivity contribution in [1.29, 1.82) is 0 Å². The summed E-state index contributed by atoms with van der Waals surface area (Å²) >= 11 is 0. The molecule has 1 aliphatic heterocycles. The van der Waals surface area contributed by atoms with E-state index in [1.807, 2.05) is 21.0 Å². The first kappa shape index (κ1) is 23.9. The topological polar surface area (TPSA) is 83.5 Å². The minimum Gasteiger partial charge on any atom is -0.310 e. The molecule has 8 heteroatoms. The molecule has 1 unspecified atom stereocenters. The van der Waals surface area contributed by atoms with Crippen molar-refractivity contribution >= 4 is 19.7 Å². The van der Waals surface area contributed by atoms with Crippen molar-refractivity contribution in [3.8, 4) is 0 Å². The third-order valence-corrected chi connectivity index (χ3v) is 10.2. The summed E-state index contributed by atoms with van der Waals surface area (Å²) in [5.41, 5.74) is 3.31. The quantitative estimate of drug-likeness (QED) is 0.646. The van der Waals surface area contributed by atoms with E-state index in [2.05, 4.69) is 41.4 Å². The molecule has 0 spiro atoms. The van der Waals surface area contributed by atoms with Crippen molar-refractivity contribution < 1.29 is 16.8 Å². The lowest BCUT2D eigenvalue weighted by molar-refractivity contribution is 0.282. The van der Waals surface area contributed by atoms with Crippen LogP contribution < -0.4 is 5.32 Å². The largest absolute Gasteiger partial charge is 0.310 e. The SMILES string of the molecule is CCc1ccc(C(CN[C@H]2CS(=O)(=O)C[C@@H]2S(=O)(=O)c2ccc(C)cc2)N(C)C)cc1. The molecule has 1 fully saturated rings. The Labute approximate surface area is 186 Å². The maximum atomic E-state index is 13.2. The van der Waals surface area contributed by atoms with Crippen LogP contribution >= 0.6 is 0 Å². The van der Waals surface area contributed by atoms with E-state index in [0.29, 0.717) is 6.54 Å². The highest BCUT2D eigenvalue weighted by molar-refractivity contribution is 7.96. The first-order chi connectivity index (χ1) is 14.5. The van der Waals surface area contributed by atoms with Crippen molar-refractivity contribution in [3.05, 3.63) is 65.2 Å². The number of nitrogens with one attached hydrogen (secondary N) is 1. The Balaban J connectivity index is 1.82. The van der Waals surface area contributed by atoms with Crippen molar-refractivity contribution in [3.63, 3.8) is 0 Å². The summed E-state index contributed by atoms with van der Waals surface area (Å²) in [7, 11) is -3.29. The van der Waals surface area contributed by atoms with E-state index in [-0.39, 0.29) is 22.4 Å². The van der Waals surface area contributed by atoms with E-state index in [1.165, 1.54) is 5.56 Å². The second kappa shape index (κ2) is 9.40. The third kappa shape index (κ3) is 5.55. The lowest BCUT2D eigenvalue weighted by Gasteiger charge is -2.28. The fourth-order valence-electron chi connectivity index (χ4n) is 4.05. The second-order valence-corrected chi connectivity index (χ2v) is 12.9. The Morgan fingerprint density at radius 2 is 1.65 bits per heavy atom. The van der Waals surface area contributed by atoms with Gasteiger partial charge in [-0.3, -0.25) is 0 Å². The van der Waals surface area contributed by atoms with Crippen LogP contribution in [0.1, 0.15) is 29.7 Å². The normalized spacial score (nSPS) is 22.0. The van der Waals surface area contributed by atoms with Gasteiger partial charge in [0.1, 0.15) is 0 Å². The zero-order valence-corrected chi connectivity index (χ0v) is 20.2. The Kier molecular flexibility index (Phi) is 7.25. The maximum absolute atomic E-state index is 13.2. The molecule has 1 N–H and O–H groups in total. The van der Waals surface area contributed by atoms with Crippen LogP contribution in [0.25, 0.3) is 0 Å². The van der Waals surface area contributed by atoms with Gasteiger partial charge in [-0.2, -0.15) is 0 Å². The molecule has 0 amide bonds. The number of sulfone groups is 2. The van der Waals surface area contributed by atoms with E-state index < -0.39 is 31.0 Å². The standard InChI is InChI=1S/C23H32N2O4S2/c1-5-18-8-10-19(11-9-18)22(25(3)4)14-24-21-15-30(26,27)16-23(21)31(28,29)20-12-6-17(2)7-13-20/h6-13,21-24H,5,14-16H2,1-4H3/t21-,22?,23-/m0/s1. The summed E-state index contributed by atoms with van der Waals surface area (Å²) in [6.07, 6.45) is 0.962. The van der Waals surface area contributed by atoms with E-state index in [0.717, 1.165) is 17.5 Å². The molecule has 0 saturated carbocycles. The van der Waals surface area contributed by atoms with E-state index >= 15 is 0 Å².